The topological polar surface area (TPSA) is 58.6 Å². The minimum atomic E-state index is -0.255. The molecule has 1 aromatic carbocycles. The van der Waals surface area contributed by atoms with Crippen molar-refractivity contribution in [2.45, 2.75) is 44.6 Å². The van der Waals surface area contributed by atoms with E-state index in [1.54, 1.807) is 4.90 Å². The lowest BCUT2D eigenvalue weighted by Crippen LogP contribution is -2.38. The third kappa shape index (κ3) is 4.49. The minimum absolute atomic E-state index is 0.104. The van der Waals surface area contributed by atoms with Crippen LogP contribution in [0.4, 0.5) is 4.79 Å². The Morgan fingerprint density at radius 1 is 1.25 bits per heavy atom. The van der Waals surface area contributed by atoms with E-state index >= 15 is 0 Å². The Bertz CT molecular complexity index is 561. The molecule has 5 heteroatoms. The molecule has 5 nitrogen and oxygen atoms in total. The molecule has 1 aliphatic carbocycles. The molecule has 24 heavy (non-hydrogen) atoms. The lowest BCUT2D eigenvalue weighted by molar-refractivity contribution is -0.122. The summed E-state index contributed by atoms with van der Waals surface area (Å²) in [7, 11) is 0. The molecule has 0 bridgehead atoms. The highest BCUT2D eigenvalue weighted by Gasteiger charge is 2.28. The average molecular weight is 330 g/mol. The second-order valence-electron chi connectivity index (χ2n) is 6.76. The molecule has 1 aromatic rings. The summed E-state index contributed by atoms with van der Waals surface area (Å²) in [6.07, 6.45) is 5.37. The molecule has 1 heterocycles. The third-order valence-electron chi connectivity index (χ3n) is 5.02. The van der Waals surface area contributed by atoms with Crippen LogP contribution >= 0.6 is 0 Å². The van der Waals surface area contributed by atoms with Crippen molar-refractivity contribution in [3.05, 3.63) is 35.9 Å². The number of hydrogen-bond acceptors (Lipinski definition) is 3. The van der Waals surface area contributed by atoms with E-state index in [9.17, 15) is 9.59 Å². The van der Waals surface area contributed by atoms with Gasteiger partial charge >= 0.3 is 6.09 Å². The number of cyclic esters (lactones) is 1. The summed E-state index contributed by atoms with van der Waals surface area (Å²) in [5, 5.41) is 3.21. The number of rotatable bonds is 7. The van der Waals surface area contributed by atoms with Gasteiger partial charge in [-0.1, -0.05) is 36.8 Å². The Hall–Kier alpha value is -2.04. The van der Waals surface area contributed by atoms with Crippen LogP contribution in [-0.4, -0.2) is 42.6 Å². The van der Waals surface area contributed by atoms with Gasteiger partial charge in [0.2, 0.25) is 5.91 Å². The Morgan fingerprint density at radius 2 is 2.08 bits per heavy atom. The number of ether oxygens (including phenoxy) is 1. The Balaban J connectivity index is 1.40. The van der Waals surface area contributed by atoms with Crippen molar-refractivity contribution < 1.29 is 14.3 Å². The monoisotopic (exact) mass is 330 g/mol. The van der Waals surface area contributed by atoms with Crippen LogP contribution in [0.3, 0.4) is 0 Å². The van der Waals surface area contributed by atoms with Crippen LogP contribution < -0.4 is 5.32 Å². The van der Waals surface area contributed by atoms with Crippen molar-refractivity contribution in [2.75, 3.05) is 19.7 Å². The first-order valence-corrected chi connectivity index (χ1v) is 8.97. The van der Waals surface area contributed by atoms with Crippen molar-refractivity contribution in [3.63, 3.8) is 0 Å². The van der Waals surface area contributed by atoms with Gasteiger partial charge in [-0.2, -0.15) is 0 Å². The van der Waals surface area contributed by atoms with Crippen molar-refractivity contribution in [1.82, 2.24) is 10.2 Å². The predicted molar refractivity (Wildman–Crippen MR) is 91.6 cm³/mol. The van der Waals surface area contributed by atoms with Gasteiger partial charge in [-0.25, -0.2) is 4.79 Å². The lowest BCUT2D eigenvalue weighted by Gasteiger charge is -2.21. The van der Waals surface area contributed by atoms with E-state index in [1.165, 1.54) is 18.4 Å². The number of carbonyl (C=O) groups excluding carboxylic acids is 2. The Labute approximate surface area is 143 Å². The van der Waals surface area contributed by atoms with Gasteiger partial charge in [-0.05, 0) is 37.2 Å². The van der Waals surface area contributed by atoms with E-state index in [0.717, 1.165) is 12.8 Å². The lowest BCUT2D eigenvalue weighted by atomic mass is 9.94. The van der Waals surface area contributed by atoms with Gasteiger partial charge in [0.25, 0.3) is 0 Å². The van der Waals surface area contributed by atoms with Crippen LogP contribution in [-0.2, 0) is 16.0 Å². The quantitative estimate of drug-likeness (QED) is 0.836. The number of amides is 2. The largest absolute Gasteiger partial charge is 0.448 e. The van der Waals surface area contributed by atoms with Gasteiger partial charge in [0.05, 0.1) is 6.54 Å². The van der Waals surface area contributed by atoms with Crippen LogP contribution in [0.2, 0.25) is 0 Å². The summed E-state index contributed by atoms with van der Waals surface area (Å²) in [5.74, 6) is 0.637. The summed E-state index contributed by atoms with van der Waals surface area (Å²) in [4.78, 5) is 25.2. The van der Waals surface area contributed by atoms with Crippen LogP contribution in [0.15, 0.2) is 30.3 Å². The highest BCUT2D eigenvalue weighted by atomic mass is 16.6. The zero-order chi connectivity index (χ0) is 16.8. The Morgan fingerprint density at radius 3 is 2.83 bits per heavy atom. The summed E-state index contributed by atoms with van der Waals surface area (Å²) in [5.41, 5.74) is 1.34. The summed E-state index contributed by atoms with van der Waals surface area (Å²) in [6, 6.07) is 10.8. The van der Waals surface area contributed by atoms with Gasteiger partial charge < -0.3 is 15.0 Å². The molecule has 2 fully saturated rings. The van der Waals surface area contributed by atoms with Crippen LogP contribution in [0.1, 0.15) is 37.7 Å². The van der Waals surface area contributed by atoms with E-state index in [2.05, 4.69) is 29.6 Å². The molecule has 0 radical (unpaired) electrons. The molecule has 2 unspecified atom stereocenters. The maximum atomic E-state index is 12.2. The summed E-state index contributed by atoms with van der Waals surface area (Å²) in [6.45, 7) is 1.71. The molecular formula is C19H26N2O3. The molecule has 1 aliphatic heterocycles. The molecule has 1 saturated carbocycles. The van der Waals surface area contributed by atoms with Crippen molar-refractivity contribution >= 4 is 12.0 Å². The molecule has 2 aliphatic rings. The van der Waals surface area contributed by atoms with Gasteiger partial charge in [-0.3, -0.25) is 4.79 Å². The molecule has 1 N–H and O–H groups in total. The summed E-state index contributed by atoms with van der Waals surface area (Å²) < 4.78 is 4.89. The maximum absolute atomic E-state index is 12.2. The second kappa shape index (κ2) is 8.18. The van der Waals surface area contributed by atoms with E-state index in [4.69, 9.17) is 4.74 Å². The fourth-order valence-electron chi connectivity index (χ4n) is 3.73. The van der Waals surface area contributed by atoms with Crippen molar-refractivity contribution in [1.29, 1.82) is 0 Å². The van der Waals surface area contributed by atoms with Crippen LogP contribution in [0.5, 0.6) is 0 Å². The number of carbonyl (C=O) groups is 2. The second-order valence-corrected chi connectivity index (χ2v) is 6.76. The molecule has 3 rings (SSSR count). The Kier molecular flexibility index (Phi) is 5.72. The highest BCUT2D eigenvalue weighted by Crippen LogP contribution is 2.29. The number of hydrogen-bond donors (Lipinski definition) is 1. The average Bonchev–Trinajstić information content (AvgIpc) is 3.18. The number of benzene rings is 1. The van der Waals surface area contributed by atoms with Crippen molar-refractivity contribution in [3.8, 4) is 0 Å². The fraction of sp³-hybridized carbons (Fsp3) is 0.579. The standard InChI is InChI=1S/C19H26N2O3/c22-18(10-5-11-21-12-13-24-19(21)23)20-17-9-4-8-16(17)14-15-6-2-1-3-7-15/h1-3,6-7,16-17H,4-5,8-14H2,(H,20,22). The van der Waals surface area contributed by atoms with Crippen LogP contribution in [0.25, 0.3) is 0 Å². The van der Waals surface area contributed by atoms with E-state index in [0.29, 0.717) is 38.5 Å². The van der Waals surface area contributed by atoms with Crippen molar-refractivity contribution in [2.24, 2.45) is 5.92 Å². The first kappa shape index (κ1) is 16.8. The normalized spacial score (nSPS) is 23.3. The smallest absolute Gasteiger partial charge is 0.409 e. The van der Waals surface area contributed by atoms with Gasteiger partial charge in [-0.15, -0.1) is 0 Å². The van der Waals surface area contributed by atoms with E-state index in [1.807, 2.05) is 6.07 Å². The first-order valence-electron chi connectivity index (χ1n) is 8.97. The zero-order valence-electron chi connectivity index (χ0n) is 14.1. The first-order chi connectivity index (χ1) is 11.7. The highest BCUT2D eigenvalue weighted by molar-refractivity contribution is 5.76. The molecular weight excluding hydrogens is 304 g/mol. The molecule has 0 spiro atoms. The molecule has 2 atom stereocenters. The van der Waals surface area contributed by atoms with Gasteiger partial charge in [0.1, 0.15) is 6.61 Å². The predicted octanol–water partition coefficient (Wildman–Crippen LogP) is 2.75. The fourth-order valence-corrected chi connectivity index (χ4v) is 3.73. The molecule has 2 amide bonds. The third-order valence-corrected chi connectivity index (χ3v) is 5.02. The molecule has 0 aromatic heterocycles. The molecule has 1 saturated heterocycles. The summed E-state index contributed by atoms with van der Waals surface area (Å²) >= 11 is 0. The number of nitrogens with one attached hydrogen (secondary N) is 1. The number of nitrogens with zero attached hydrogens (tertiary/aromatic N) is 1. The maximum Gasteiger partial charge on any atom is 0.409 e. The van der Waals surface area contributed by atoms with Gasteiger partial charge in [0, 0.05) is 19.0 Å². The van der Waals surface area contributed by atoms with Crippen LogP contribution in [0, 0.1) is 5.92 Å². The SMILES string of the molecule is O=C(CCCN1CCOC1=O)NC1CCCC1Cc1ccccc1. The van der Waals surface area contributed by atoms with E-state index in [-0.39, 0.29) is 18.0 Å². The van der Waals surface area contributed by atoms with E-state index < -0.39 is 0 Å². The van der Waals surface area contributed by atoms with Gasteiger partial charge in [0.15, 0.2) is 0 Å². The zero-order valence-corrected chi connectivity index (χ0v) is 14.1. The molecule has 130 valence electrons. The minimum Gasteiger partial charge on any atom is -0.448 e.